The summed E-state index contributed by atoms with van der Waals surface area (Å²) in [7, 11) is 1.63. The first-order valence-electron chi connectivity index (χ1n) is 9.22. The molecule has 1 fully saturated rings. The van der Waals surface area contributed by atoms with Gasteiger partial charge in [-0.15, -0.1) is 35.3 Å². The molecule has 1 amide bonds. The Kier molecular flexibility index (Phi) is 8.89. The highest BCUT2D eigenvalue weighted by atomic mass is 127. The number of carbonyl (C=O) groups excluding carboxylic acids is 1. The molecule has 164 valence electrons. The topological polar surface area (TPSA) is 69.6 Å². The zero-order valence-electron chi connectivity index (χ0n) is 16.3. The molecular formula is C19H23F3IN5OS. The van der Waals surface area contributed by atoms with Crippen LogP contribution in [0.1, 0.15) is 29.1 Å². The van der Waals surface area contributed by atoms with E-state index in [0.29, 0.717) is 36.9 Å². The van der Waals surface area contributed by atoms with Crippen molar-refractivity contribution in [2.75, 3.05) is 25.0 Å². The quantitative estimate of drug-likeness (QED) is 0.325. The molecule has 11 heteroatoms. The number of aliphatic imine (C=N–C) groups is 1. The van der Waals surface area contributed by atoms with Crippen molar-refractivity contribution in [3.63, 3.8) is 0 Å². The number of nitrogens with zero attached hydrogens (tertiary/aromatic N) is 3. The number of rotatable bonds is 6. The van der Waals surface area contributed by atoms with Crippen LogP contribution in [0.4, 0.5) is 18.9 Å². The van der Waals surface area contributed by atoms with Crippen LogP contribution < -0.4 is 15.5 Å². The fraction of sp³-hybridized carbons (Fsp3) is 0.421. The van der Waals surface area contributed by atoms with E-state index < -0.39 is 11.9 Å². The predicted octanol–water partition coefficient (Wildman–Crippen LogP) is 3.81. The number of amides is 1. The number of halogens is 4. The van der Waals surface area contributed by atoms with Crippen molar-refractivity contribution in [3.8, 4) is 0 Å². The summed E-state index contributed by atoms with van der Waals surface area (Å²) in [5.41, 5.74) is 1.08. The summed E-state index contributed by atoms with van der Waals surface area (Å²) in [6.07, 6.45) is -2.54. The number of hydrogen-bond donors (Lipinski definition) is 2. The van der Waals surface area contributed by atoms with E-state index in [1.165, 1.54) is 0 Å². The number of anilines is 1. The van der Waals surface area contributed by atoms with E-state index in [4.69, 9.17) is 0 Å². The van der Waals surface area contributed by atoms with Crippen LogP contribution in [0.3, 0.4) is 0 Å². The SMILES string of the molecule is CN=C(NCCc1nc(C(F)(F)F)cs1)NCc1ccc(N2CCCC2=O)cc1.I. The number of aromatic nitrogens is 1. The van der Waals surface area contributed by atoms with Gasteiger partial charge in [-0.3, -0.25) is 9.79 Å². The maximum absolute atomic E-state index is 12.6. The Morgan fingerprint density at radius 3 is 2.57 bits per heavy atom. The van der Waals surface area contributed by atoms with Crippen molar-refractivity contribution in [2.24, 2.45) is 4.99 Å². The van der Waals surface area contributed by atoms with Gasteiger partial charge in [-0.05, 0) is 24.1 Å². The van der Waals surface area contributed by atoms with Crippen LogP contribution in [-0.2, 0) is 23.9 Å². The Morgan fingerprint density at radius 1 is 1.27 bits per heavy atom. The second-order valence-electron chi connectivity index (χ2n) is 6.54. The molecule has 0 saturated carbocycles. The van der Waals surface area contributed by atoms with Crippen LogP contribution in [0.2, 0.25) is 0 Å². The molecule has 2 N–H and O–H groups in total. The first-order chi connectivity index (χ1) is 13.9. The summed E-state index contributed by atoms with van der Waals surface area (Å²) in [6, 6.07) is 7.76. The molecule has 0 spiro atoms. The maximum atomic E-state index is 12.6. The normalized spacial score (nSPS) is 14.6. The second kappa shape index (κ2) is 10.9. The summed E-state index contributed by atoms with van der Waals surface area (Å²) in [5, 5.41) is 7.68. The van der Waals surface area contributed by atoms with E-state index in [2.05, 4.69) is 20.6 Å². The molecule has 0 atom stereocenters. The molecule has 6 nitrogen and oxygen atoms in total. The highest BCUT2D eigenvalue weighted by molar-refractivity contribution is 14.0. The van der Waals surface area contributed by atoms with Crippen molar-refractivity contribution in [2.45, 2.75) is 32.0 Å². The third-order valence-corrected chi connectivity index (χ3v) is 5.39. The van der Waals surface area contributed by atoms with E-state index in [9.17, 15) is 18.0 Å². The lowest BCUT2D eigenvalue weighted by molar-refractivity contribution is -0.140. The lowest BCUT2D eigenvalue weighted by Crippen LogP contribution is -2.37. The summed E-state index contributed by atoms with van der Waals surface area (Å²) in [5.74, 6) is 0.708. The third-order valence-electron chi connectivity index (χ3n) is 4.48. The van der Waals surface area contributed by atoms with E-state index in [0.717, 1.165) is 40.9 Å². The second-order valence-corrected chi connectivity index (χ2v) is 7.48. The lowest BCUT2D eigenvalue weighted by atomic mass is 10.2. The Bertz CT molecular complexity index is 870. The average Bonchev–Trinajstić information content (AvgIpc) is 3.34. The standard InChI is InChI=1S/C19H22F3N5OS.HI/c1-23-18(24-9-8-16-26-15(12-29-16)19(20,21)22)25-11-13-4-6-14(7-5-13)27-10-2-3-17(27)28;/h4-7,12H,2-3,8-11H2,1H3,(H2,23,24,25);1H. The fourth-order valence-corrected chi connectivity index (χ4v) is 3.77. The van der Waals surface area contributed by atoms with Gasteiger partial charge in [0.1, 0.15) is 0 Å². The van der Waals surface area contributed by atoms with Gasteiger partial charge in [-0.2, -0.15) is 13.2 Å². The van der Waals surface area contributed by atoms with Gasteiger partial charge >= 0.3 is 6.18 Å². The number of nitrogens with one attached hydrogen (secondary N) is 2. The molecule has 3 rings (SSSR count). The van der Waals surface area contributed by atoms with Gasteiger partial charge in [-0.25, -0.2) is 4.98 Å². The third kappa shape index (κ3) is 6.56. The Morgan fingerprint density at radius 2 is 2.00 bits per heavy atom. The van der Waals surface area contributed by atoms with E-state index in [1.54, 1.807) is 11.9 Å². The lowest BCUT2D eigenvalue weighted by Gasteiger charge is -2.16. The molecule has 2 aromatic rings. The molecule has 0 bridgehead atoms. The minimum absolute atomic E-state index is 0. The average molecular weight is 553 g/mol. The van der Waals surface area contributed by atoms with Crippen molar-refractivity contribution >= 4 is 52.9 Å². The molecule has 1 aromatic carbocycles. The van der Waals surface area contributed by atoms with Gasteiger partial charge in [0.15, 0.2) is 11.7 Å². The van der Waals surface area contributed by atoms with Crippen LogP contribution in [0.25, 0.3) is 0 Å². The van der Waals surface area contributed by atoms with E-state index in [1.807, 2.05) is 24.3 Å². The molecule has 1 aliphatic rings. The first kappa shape index (κ1) is 24.4. The predicted molar refractivity (Wildman–Crippen MR) is 122 cm³/mol. The van der Waals surface area contributed by atoms with Crippen LogP contribution in [-0.4, -0.2) is 37.0 Å². The number of benzene rings is 1. The molecule has 1 saturated heterocycles. The van der Waals surface area contributed by atoms with Gasteiger partial charge in [0.05, 0.1) is 5.01 Å². The fourth-order valence-electron chi connectivity index (χ4n) is 2.97. The smallest absolute Gasteiger partial charge is 0.356 e. The molecule has 0 radical (unpaired) electrons. The van der Waals surface area contributed by atoms with Gasteiger partial charge in [0, 0.05) is 50.6 Å². The van der Waals surface area contributed by atoms with Crippen molar-refractivity contribution in [1.82, 2.24) is 15.6 Å². The van der Waals surface area contributed by atoms with E-state index in [-0.39, 0.29) is 29.9 Å². The molecule has 2 heterocycles. The number of alkyl halides is 3. The van der Waals surface area contributed by atoms with Gasteiger partial charge in [0.25, 0.3) is 0 Å². The number of thiazole rings is 1. The molecule has 0 aliphatic carbocycles. The zero-order chi connectivity index (χ0) is 20.9. The molecule has 30 heavy (non-hydrogen) atoms. The summed E-state index contributed by atoms with van der Waals surface area (Å²) < 4.78 is 37.7. The van der Waals surface area contributed by atoms with Gasteiger partial charge < -0.3 is 15.5 Å². The number of carbonyl (C=O) groups is 1. The van der Waals surface area contributed by atoms with Crippen LogP contribution in [0, 0.1) is 0 Å². The van der Waals surface area contributed by atoms with Crippen molar-refractivity contribution in [3.05, 3.63) is 45.9 Å². The van der Waals surface area contributed by atoms with Crippen molar-refractivity contribution in [1.29, 1.82) is 0 Å². The maximum Gasteiger partial charge on any atom is 0.434 e. The molecule has 0 unspecified atom stereocenters. The molecular weight excluding hydrogens is 530 g/mol. The van der Waals surface area contributed by atoms with Gasteiger partial charge in [-0.1, -0.05) is 12.1 Å². The number of guanidine groups is 1. The van der Waals surface area contributed by atoms with Crippen LogP contribution >= 0.6 is 35.3 Å². The van der Waals surface area contributed by atoms with E-state index >= 15 is 0 Å². The first-order valence-corrected chi connectivity index (χ1v) is 10.1. The monoisotopic (exact) mass is 553 g/mol. The summed E-state index contributed by atoms with van der Waals surface area (Å²) >= 11 is 0.998. The summed E-state index contributed by atoms with van der Waals surface area (Å²) in [4.78, 5) is 21.3. The molecule has 1 aliphatic heterocycles. The minimum Gasteiger partial charge on any atom is -0.356 e. The number of hydrogen-bond acceptors (Lipinski definition) is 4. The van der Waals surface area contributed by atoms with Gasteiger partial charge in [0.2, 0.25) is 5.91 Å². The highest BCUT2D eigenvalue weighted by Crippen LogP contribution is 2.30. The largest absolute Gasteiger partial charge is 0.434 e. The Balaban J connectivity index is 0.00000320. The highest BCUT2D eigenvalue weighted by Gasteiger charge is 2.33. The zero-order valence-corrected chi connectivity index (χ0v) is 19.5. The summed E-state index contributed by atoms with van der Waals surface area (Å²) in [6.45, 7) is 1.71. The Labute approximate surface area is 194 Å². The minimum atomic E-state index is -4.41. The molecule has 1 aromatic heterocycles. The van der Waals surface area contributed by atoms with Crippen molar-refractivity contribution < 1.29 is 18.0 Å². The van der Waals surface area contributed by atoms with Crippen LogP contribution in [0.15, 0.2) is 34.6 Å². The van der Waals surface area contributed by atoms with Crippen LogP contribution in [0.5, 0.6) is 0 Å². The Hall–Kier alpha value is -1.89.